The molecule has 2 aromatic carbocycles. The van der Waals surface area contributed by atoms with E-state index in [1.807, 2.05) is 6.07 Å². The lowest BCUT2D eigenvalue weighted by atomic mass is 10.1. The van der Waals surface area contributed by atoms with Crippen molar-refractivity contribution in [3.63, 3.8) is 0 Å². The number of nitrogens with one attached hydrogen (secondary N) is 2. The number of hydrogen-bond acceptors (Lipinski definition) is 5. The molecule has 28 heavy (non-hydrogen) atoms. The summed E-state index contributed by atoms with van der Waals surface area (Å²) in [6.45, 7) is 3.35. The van der Waals surface area contributed by atoms with Crippen LogP contribution in [-0.2, 0) is 4.79 Å². The second kappa shape index (κ2) is 8.35. The van der Waals surface area contributed by atoms with Crippen LogP contribution < -0.4 is 20.3 Å². The zero-order chi connectivity index (χ0) is 20.3. The van der Waals surface area contributed by atoms with E-state index in [-0.39, 0.29) is 5.76 Å². The first kappa shape index (κ1) is 19.8. The van der Waals surface area contributed by atoms with Gasteiger partial charge in [-0.2, -0.15) is 0 Å². The van der Waals surface area contributed by atoms with Gasteiger partial charge in [0, 0.05) is 15.4 Å². The monoisotopic (exact) mass is 446 g/mol. The predicted molar refractivity (Wildman–Crippen MR) is 107 cm³/mol. The fourth-order valence-electron chi connectivity index (χ4n) is 2.62. The van der Waals surface area contributed by atoms with Crippen molar-refractivity contribution in [2.45, 2.75) is 20.0 Å². The number of amides is 2. The maximum absolute atomic E-state index is 12.4. The maximum Gasteiger partial charge on any atom is 0.305 e. The number of furan rings is 1. The molecule has 0 bridgehead atoms. The second-order valence-corrected chi connectivity index (χ2v) is 6.99. The third-order valence-electron chi connectivity index (χ3n) is 4.13. The van der Waals surface area contributed by atoms with Crippen LogP contribution in [-0.4, -0.2) is 25.0 Å². The Morgan fingerprint density at radius 1 is 1.11 bits per heavy atom. The summed E-state index contributed by atoms with van der Waals surface area (Å²) in [5, 5.41) is 0.766. The van der Waals surface area contributed by atoms with Gasteiger partial charge in [-0.25, -0.2) is 0 Å². The molecule has 7 nitrogen and oxygen atoms in total. The Labute approximate surface area is 170 Å². The van der Waals surface area contributed by atoms with Crippen molar-refractivity contribution in [2.24, 2.45) is 0 Å². The highest BCUT2D eigenvalue weighted by molar-refractivity contribution is 9.10. The summed E-state index contributed by atoms with van der Waals surface area (Å²) >= 11 is 3.34. The molecule has 3 aromatic rings. The largest absolute Gasteiger partial charge is 0.497 e. The van der Waals surface area contributed by atoms with Crippen LogP contribution >= 0.6 is 15.9 Å². The van der Waals surface area contributed by atoms with Crippen molar-refractivity contribution in [2.75, 3.05) is 7.11 Å². The van der Waals surface area contributed by atoms with E-state index in [1.165, 1.54) is 0 Å². The van der Waals surface area contributed by atoms with Crippen LogP contribution in [0.25, 0.3) is 11.0 Å². The van der Waals surface area contributed by atoms with Crippen molar-refractivity contribution in [1.29, 1.82) is 0 Å². The summed E-state index contributed by atoms with van der Waals surface area (Å²) in [5.41, 5.74) is 5.91. The van der Waals surface area contributed by atoms with Crippen LogP contribution in [0.3, 0.4) is 0 Å². The van der Waals surface area contributed by atoms with Crippen molar-refractivity contribution < 1.29 is 23.5 Å². The minimum absolute atomic E-state index is 0.115. The lowest BCUT2D eigenvalue weighted by Gasteiger charge is -2.15. The molecule has 3 rings (SSSR count). The maximum atomic E-state index is 12.4. The summed E-state index contributed by atoms with van der Waals surface area (Å²) in [7, 11) is 1.57. The Bertz CT molecular complexity index is 1030. The molecule has 0 aliphatic rings. The standard InChI is InChI=1S/C20H19BrN2O5/c1-11-16-10-14(26-3)7-8-17(16)28-18(11)20(25)23-22-19(24)12(2)27-15-6-4-5-13(21)9-15/h4-10,12H,1-3H3,(H,22,24)(H,23,25). The second-order valence-electron chi connectivity index (χ2n) is 6.08. The van der Waals surface area contributed by atoms with Crippen molar-refractivity contribution in [1.82, 2.24) is 10.9 Å². The molecule has 0 spiro atoms. The Morgan fingerprint density at radius 3 is 2.61 bits per heavy atom. The molecule has 0 radical (unpaired) electrons. The first-order chi connectivity index (χ1) is 13.4. The summed E-state index contributed by atoms with van der Waals surface area (Å²) in [4.78, 5) is 24.6. The van der Waals surface area contributed by atoms with Crippen molar-refractivity contribution in [3.8, 4) is 11.5 Å². The molecule has 0 aliphatic carbocycles. The van der Waals surface area contributed by atoms with Gasteiger partial charge in [0.15, 0.2) is 11.9 Å². The Hall–Kier alpha value is -3.00. The number of rotatable bonds is 5. The Kier molecular flexibility index (Phi) is 5.89. The quantitative estimate of drug-likeness (QED) is 0.582. The predicted octanol–water partition coefficient (Wildman–Crippen LogP) is 3.74. The van der Waals surface area contributed by atoms with Crippen LogP contribution in [0.4, 0.5) is 0 Å². The summed E-state index contributed by atoms with van der Waals surface area (Å²) in [6, 6.07) is 12.4. The summed E-state index contributed by atoms with van der Waals surface area (Å²) in [6.07, 6.45) is -0.810. The number of hydrazine groups is 1. The van der Waals surface area contributed by atoms with Gasteiger partial charge in [0.25, 0.3) is 5.91 Å². The van der Waals surface area contributed by atoms with Crippen LogP contribution in [0.5, 0.6) is 11.5 Å². The molecule has 1 unspecified atom stereocenters. The minimum atomic E-state index is -0.810. The topological polar surface area (TPSA) is 89.8 Å². The third-order valence-corrected chi connectivity index (χ3v) is 4.62. The molecular weight excluding hydrogens is 428 g/mol. The number of ether oxygens (including phenoxy) is 2. The van der Waals surface area contributed by atoms with Gasteiger partial charge in [-0.05, 0) is 50.2 Å². The molecule has 0 aliphatic heterocycles. The van der Waals surface area contributed by atoms with E-state index < -0.39 is 17.9 Å². The highest BCUT2D eigenvalue weighted by atomic mass is 79.9. The molecule has 2 amide bonds. The highest BCUT2D eigenvalue weighted by Gasteiger charge is 2.20. The molecule has 1 aromatic heterocycles. The van der Waals surface area contributed by atoms with E-state index in [0.29, 0.717) is 22.6 Å². The third kappa shape index (κ3) is 4.28. The highest BCUT2D eigenvalue weighted by Crippen LogP contribution is 2.28. The smallest absolute Gasteiger partial charge is 0.305 e. The average molecular weight is 447 g/mol. The van der Waals surface area contributed by atoms with E-state index >= 15 is 0 Å². The van der Waals surface area contributed by atoms with Gasteiger partial charge in [0.1, 0.15) is 17.1 Å². The lowest BCUT2D eigenvalue weighted by molar-refractivity contribution is -0.128. The van der Waals surface area contributed by atoms with Gasteiger partial charge in [0.2, 0.25) is 0 Å². The van der Waals surface area contributed by atoms with E-state index in [1.54, 1.807) is 57.4 Å². The molecule has 1 atom stereocenters. The van der Waals surface area contributed by atoms with Crippen LogP contribution in [0.15, 0.2) is 51.4 Å². The zero-order valence-electron chi connectivity index (χ0n) is 15.5. The van der Waals surface area contributed by atoms with Crippen LogP contribution in [0.2, 0.25) is 0 Å². The normalized spacial score (nSPS) is 11.7. The fourth-order valence-corrected chi connectivity index (χ4v) is 3.00. The number of methoxy groups -OCH3 is 1. The molecule has 0 saturated carbocycles. The molecular formula is C20H19BrN2O5. The van der Waals surface area contributed by atoms with Crippen LogP contribution in [0, 0.1) is 6.92 Å². The van der Waals surface area contributed by atoms with Gasteiger partial charge in [-0.1, -0.05) is 22.0 Å². The SMILES string of the molecule is COc1ccc2oc(C(=O)NNC(=O)C(C)Oc3cccc(Br)c3)c(C)c2c1. The molecule has 2 N–H and O–H groups in total. The minimum Gasteiger partial charge on any atom is -0.497 e. The van der Waals surface area contributed by atoms with Gasteiger partial charge in [0.05, 0.1) is 7.11 Å². The van der Waals surface area contributed by atoms with Gasteiger partial charge in [-0.15, -0.1) is 0 Å². The van der Waals surface area contributed by atoms with E-state index in [0.717, 1.165) is 9.86 Å². The number of carbonyl (C=O) groups is 2. The fraction of sp³-hybridized carbons (Fsp3) is 0.200. The lowest BCUT2D eigenvalue weighted by Crippen LogP contribution is -2.47. The van der Waals surface area contributed by atoms with Gasteiger partial charge >= 0.3 is 5.91 Å². The van der Waals surface area contributed by atoms with Crippen LogP contribution in [0.1, 0.15) is 23.0 Å². The first-order valence-electron chi connectivity index (χ1n) is 8.48. The Morgan fingerprint density at radius 2 is 1.89 bits per heavy atom. The van der Waals surface area contributed by atoms with Gasteiger partial charge < -0.3 is 13.9 Å². The van der Waals surface area contributed by atoms with E-state index in [9.17, 15) is 9.59 Å². The molecule has 1 heterocycles. The number of halogens is 1. The number of carbonyl (C=O) groups excluding carboxylic acids is 2. The summed E-state index contributed by atoms with van der Waals surface area (Å²) in [5.74, 6) is 0.254. The van der Waals surface area contributed by atoms with Gasteiger partial charge in [-0.3, -0.25) is 20.4 Å². The van der Waals surface area contributed by atoms with Crippen molar-refractivity contribution >= 4 is 38.7 Å². The summed E-state index contributed by atoms with van der Waals surface area (Å²) < 4.78 is 17.2. The molecule has 8 heteroatoms. The Balaban J connectivity index is 1.64. The molecule has 0 fully saturated rings. The van der Waals surface area contributed by atoms with E-state index in [4.69, 9.17) is 13.9 Å². The number of hydrogen-bond donors (Lipinski definition) is 2. The average Bonchev–Trinajstić information content (AvgIpc) is 3.01. The van der Waals surface area contributed by atoms with E-state index in [2.05, 4.69) is 26.8 Å². The first-order valence-corrected chi connectivity index (χ1v) is 9.28. The number of benzene rings is 2. The number of fused-ring (bicyclic) bond motifs is 1. The zero-order valence-corrected chi connectivity index (χ0v) is 17.1. The molecule has 0 saturated heterocycles. The molecule has 146 valence electrons. The van der Waals surface area contributed by atoms with Crippen molar-refractivity contribution in [3.05, 3.63) is 58.3 Å². The number of aryl methyl sites for hydroxylation is 1.